The molecule has 2 nitrogen and oxygen atoms in total. The minimum Gasteiger partial charge on any atom is -0.495 e. The second-order valence-corrected chi connectivity index (χ2v) is 4.11. The molecule has 1 aliphatic rings. The van der Waals surface area contributed by atoms with Crippen molar-refractivity contribution in [2.24, 2.45) is 5.73 Å². The first-order valence-electron chi connectivity index (χ1n) is 4.41. The Hall–Kier alpha value is -0.870. The number of nitrogens with two attached hydrogens (primary N) is 1. The molecule has 1 unspecified atom stereocenters. The Labute approximate surface area is 91.0 Å². The van der Waals surface area contributed by atoms with E-state index in [-0.39, 0.29) is 6.42 Å². The molecule has 15 heavy (non-hydrogen) atoms. The van der Waals surface area contributed by atoms with Crippen LogP contribution in [-0.4, -0.2) is 13.0 Å². The van der Waals surface area contributed by atoms with Crippen LogP contribution in [0.1, 0.15) is 12.0 Å². The quantitative estimate of drug-likeness (QED) is 0.852. The zero-order chi connectivity index (χ0) is 11.3. The van der Waals surface area contributed by atoms with Gasteiger partial charge >= 0.3 is 0 Å². The van der Waals surface area contributed by atoms with Gasteiger partial charge in [0.1, 0.15) is 11.3 Å². The number of alkyl halides is 2. The van der Waals surface area contributed by atoms with E-state index in [0.717, 1.165) is 0 Å². The standard InChI is InChI=1S/C10H10ClF2NO/c1-15-8-4-6(2-3-7(8)11)9(14)5-10(9,12)13/h2-4H,5,14H2,1H3. The fraction of sp³-hybridized carbons (Fsp3) is 0.400. The Kier molecular flexibility index (Phi) is 2.17. The third kappa shape index (κ3) is 1.48. The molecule has 1 atom stereocenters. The highest BCUT2D eigenvalue weighted by molar-refractivity contribution is 6.32. The van der Waals surface area contributed by atoms with Crippen molar-refractivity contribution in [3.05, 3.63) is 28.8 Å². The van der Waals surface area contributed by atoms with Crippen LogP contribution in [0.25, 0.3) is 0 Å². The van der Waals surface area contributed by atoms with Crippen LogP contribution in [0.4, 0.5) is 8.78 Å². The number of hydrogen-bond donors (Lipinski definition) is 1. The molecule has 0 saturated heterocycles. The molecule has 0 amide bonds. The van der Waals surface area contributed by atoms with E-state index >= 15 is 0 Å². The summed E-state index contributed by atoms with van der Waals surface area (Å²) in [4.78, 5) is 0. The van der Waals surface area contributed by atoms with Gasteiger partial charge in [-0.15, -0.1) is 0 Å². The maximum atomic E-state index is 13.0. The maximum Gasteiger partial charge on any atom is 0.272 e. The summed E-state index contributed by atoms with van der Waals surface area (Å²) in [6.07, 6.45) is -0.329. The Morgan fingerprint density at radius 3 is 2.53 bits per heavy atom. The monoisotopic (exact) mass is 233 g/mol. The van der Waals surface area contributed by atoms with Crippen LogP contribution in [0.15, 0.2) is 18.2 Å². The Morgan fingerprint density at radius 2 is 2.07 bits per heavy atom. The maximum absolute atomic E-state index is 13.0. The van der Waals surface area contributed by atoms with Crippen molar-refractivity contribution in [3.63, 3.8) is 0 Å². The number of benzene rings is 1. The molecule has 1 aliphatic carbocycles. The van der Waals surface area contributed by atoms with Gasteiger partial charge in [0.2, 0.25) is 0 Å². The van der Waals surface area contributed by atoms with Gasteiger partial charge in [0.25, 0.3) is 5.92 Å². The van der Waals surface area contributed by atoms with Gasteiger partial charge in [0, 0.05) is 6.42 Å². The van der Waals surface area contributed by atoms with Crippen LogP contribution in [0.5, 0.6) is 5.75 Å². The van der Waals surface area contributed by atoms with E-state index < -0.39 is 11.5 Å². The van der Waals surface area contributed by atoms with Gasteiger partial charge in [-0.25, -0.2) is 8.78 Å². The lowest BCUT2D eigenvalue weighted by Gasteiger charge is -2.12. The molecule has 0 aromatic heterocycles. The number of halogens is 3. The van der Waals surface area contributed by atoms with Gasteiger partial charge in [-0.2, -0.15) is 0 Å². The highest BCUT2D eigenvalue weighted by Crippen LogP contribution is 2.58. The van der Waals surface area contributed by atoms with Gasteiger partial charge in [-0.3, -0.25) is 0 Å². The van der Waals surface area contributed by atoms with Crippen LogP contribution in [0, 0.1) is 0 Å². The lowest BCUT2D eigenvalue weighted by atomic mass is 10.1. The van der Waals surface area contributed by atoms with Gasteiger partial charge in [0.05, 0.1) is 12.1 Å². The summed E-state index contributed by atoms with van der Waals surface area (Å²) in [5, 5.41) is 0.383. The third-order valence-electron chi connectivity index (χ3n) is 2.69. The number of rotatable bonds is 2. The van der Waals surface area contributed by atoms with E-state index in [4.69, 9.17) is 22.1 Å². The molecule has 0 spiro atoms. The normalized spacial score (nSPS) is 27.5. The number of ether oxygens (including phenoxy) is 1. The second kappa shape index (κ2) is 3.06. The molecule has 2 N–H and O–H groups in total. The molecule has 0 heterocycles. The van der Waals surface area contributed by atoms with Crippen LogP contribution in [-0.2, 0) is 5.54 Å². The molecule has 0 radical (unpaired) electrons. The molecular weight excluding hydrogens is 224 g/mol. The van der Waals surface area contributed by atoms with Crippen LogP contribution < -0.4 is 10.5 Å². The van der Waals surface area contributed by atoms with Crippen molar-refractivity contribution in [3.8, 4) is 5.75 Å². The first kappa shape index (κ1) is 10.6. The van der Waals surface area contributed by atoms with E-state index in [2.05, 4.69) is 0 Å². The second-order valence-electron chi connectivity index (χ2n) is 3.70. The summed E-state index contributed by atoms with van der Waals surface area (Å²) < 4.78 is 31.0. The zero-order valence-electron chi connectivity index (χ0n) is 8.06. The highest BCUT2D eigenvalue weighted by Gasteiger charge is 2.70. The summed E-state index contributed by atoms with van der Waals surface area (Å²) in [7, 11) is 1.43. The van der Waals surface area contributed by atoms with Gasteiger partial charge < -0.3 is 10.5 Å². The predicted octanol–water partition coefficient (Wildman–Crippen LogP) is 2.54. The van der Waals surface area contributed by atoms with E-state index in [1.165, 1.54) is 25.3 Å². The van der Waals surface area contributed by atoms with Crippen molar-refractivity contribution < 1.29 is 13.5 Å². The number of hydrogen-bond acceptors (Lipinski definition) is 2. The summed E-state index contributed by atoms with van der Waals surface area (Å²) in [5.41, 5.74) is 4.38. The van der Waals surface area contributed by atoms with Crippen LogP contribution >= 0.6 is 11.6 Å². The average molecular weight is 234 g/mol. The summed E-state index contributed by atoms with van der Waals surface area (Å²) in [5.74, 6) is -2.46. The van der Waals surface area contributed by atoms with Crippen LogP contribution in [0.2, 0.25) is 5.02 Å². The van der Waals surface area contributed by atoms with Gasteiger partial charge in [0.15, 0.2) is 0 Å². The molecule has 1 aromatic carbocycles. The number of methoxy groups -OCH3 is 1. The minimum atomic E-state index is -2.83. The predicted molar refractivity (Wildman–Crippen MR) is 53.4 cm³/mol. The third-order valence-corrected chi connectivity index (χ3v) is 3.01. The smallest absolute Gasteiger partial charge is 0.272 e. The highest BCUT2D eigenvalue weighted by atomic mass is 35.5. The summed E-state index contributed by atoms with van der Waals surface area (Å²) in [6, 6.07) is 4.48. The largest absolute Gasteiger partial charge is 0.495 e. The molecule has 0 aliphatic heterocycles. The van der Waals surface area contributed by atoms with E-state index in [1.54, 1.807) is 0 Å². The molecule has 5 heteroatoms. The minimum absolute atomic E-state index is 0.329. The first-order valence-corrected chi connectivity index (χ1v) is 4.79. The lowest BCUT2D eigenvalue weighted by Crippen LogP contribution is -2.27. The average Bonchev–Trinajstić information content (AvgIpc) is 2.68. The SMILES string of the molecule is COc1cc(C2(N)CC2(F)F)ccc1Cl. The summed E-state index contributed by atoms with van der Waals surface area (Å²) >= 11 is 5.78. The van der Waals surface area contributed by atoms with Crippen molar-refractivity contribution in [2.75, 3.05) is 7.11 Å². The molecule has 1 aromatic rings. The van der Waals surface area contributed by atoms with Crippen LogP contribution in [0.3, 0.4) is 0 Å². The fourth-order valence-corrected chi connectivity index (χ4v) is 1.75. The molecule has 1 saturated carbocycles. The molecular formula is C10H10ClF2NO. The Balaban J connectivity index is 2.40. The summed E-state index contributed by atoms with van der Waals surface area (Å²) in [6.45, 7) is 0. The molecule has 82 valence electrons. The topological polar surface area (TPSA) is 35.2 Å². The zero-order valence-corrected chi connectivity index (χ0v) is 8.81. The van der Waals surface area contributed by atoms with Crippen molar-refractivity contribution in [1.29, 1.82) is 0 Å². The Bertz CT molecular complexity index is 410. The van der Waals surface area contributed by atoms with Gasteiger partial charge in [-0.05, 0) is 17.7 Å². The van der Waals surface area contributed by atoms with E-state index in [0.29, 0.717) is 16.3 Å². The fourth-order valence-electron chi connectivity index (χ4n) is 1.56. The Morgan fingerprint density at radius 1 is 1.47 bits per heavy atom. The molecule has 0 bridgehead atoms. The van der Waals surface area contributed by atoms with Crippen molar-refractivity contribution in [2.45, 2.75) is 17.9 Å². The van der Waals surface area contributed by atoms with Crippen molar-refractivity contribution >= 4 is 11.6 Å². The van der Waals surface area contributed by atoms with E-state index in [9.17, 15) is 8.78 Å². The molecule has 1 fully saturated rings. The van der Waals surface area contributed by atoms with Gasteiger partial charge in [-0.1, -0.05) is 17.7 Å². The van der Waals surface area contributed by atoms with Crippen molar-refractivity contribution in [1.82, 2.24) is 0 Å². The first-order chi connectivity index (χ1) is 6.90. The molecule has 2 rings (SSSR count). The lowest BCUT2D eigenvalue weighted by molar-refractivity contribution is 0.0891. The van der Waals surface area contributed by atoms with E-state index in [1.807, 2.05) is 0 Å².